The highest BCUT2D eigenvalue weighted by Gasteiger charge is 2.29. The molecule has 5 rings (SSSR count). The summed E-state index contributed by atoms with van der Waals surface area (Å²) in [7, 11) is 0. The second kappa shape index (κ2) is 6.57. The lowest BCUT2D eigenvalue weighted by Crippen LogP contribution is -2.20. The van der Waals surface area contributed by atoms with Crippen LogP contribution in [0, 0.1) is 0 Å². The highest BCUT2D eigenvalue weighted by molar-refractivity contribution is 6.28. The minimum atomic E-state index is -0.171. The number of benzene rings is 4. The first kappa shape index (κ1) is 17.1. The molecule has 0 aromatic heterocycles. The molecule has 1 aliphatic carbocycles. The summed E-state index contributed by atoms with van der Waals surface area (Å²) in [5, 5.41) is 10.5. The lowest BCUT2D eigenvalue weighted by molar-refractivity contribution is 0.0979. The number of hydrogen-bond donors (Lipinski definition) is 1. The molecule has 0 amide bonds. The topological polar surface area (TPSA) is 54.4 Å². The van der Waals surface area contributed by atoms with Crippen LogP contribution in [0.4, 0.5) is 0 Å². The van der Waals surface area contributed by atoms with Gasteiger partial charge in [0.05, 0.1) is 0 Å². The van der Waals surface area contributed by atoms with Gasteiger partial charge in [-0.1, -0.05) is 66.7 Å². The van der Waals surface area contributed by atoms with Crippen molar-refractivity contribution in [3.05, 3.63) is 113 Å². The third-order valence-electron chi connectivity index (χ3n) is 5.34. The Labute approximate surface area is 167 Å². The summed E-state index contributed by atoms with van der Waals surface area (Å²) in [6.07, 6.45) is 0. The van der Waals surface area contributed by atoms with Gasteiger partial charge in [-0.2, -0.15) is 0 Å². The average molecular weight is 376 g/mol. The molecule has 0 saturated carbocycles. The first-order valence-electron chi connectivity index (χ1n) is 9.35. The molecule has 0 atom stereocenters. The second-order valence-corrected chi connectivity index (χ2v) is 7.06. The number of phenols is 1. The fourth-order valence-corrected chi connectivity index (χ4v) is 3.84. The lowest BCUT2D eigenvalue weighted by Gasteiger charge is -2.18. The lowest BCUT2D eigenvalue weighted by atomic mass is 9.82. The zero-order valence-electron chi connectivity index (χ0n) is 15.4. The summed E-state index contributed by atoms with van der Waals surface area (Å²) in [6.45, 7) is 0. The van der Waals surface area contributed by atoms with E-state index in [2.05, 4.69) is 0 Å². The van der Waals surface area contributed by atoms with Gasteiger partial charge in [-0.15, -0.1) is 0 Å². The van der Waals surface area contributed by atoms with Gasteiger partial charge < -0.3 is 5.11 Å². The van der Waals surface area contributed by atoms with E-state index in [0.717, 1.165) is 11.1 Å². The van der Waals surface area contributed by atoms with E-state index in [9.17, 15) is 14.7 Å². The minimum Gasteiger partial charge on any atom is -0.507 e. The zero-order chi connectivity index (χ0) is 20.0. The van der Waals surface area contributed by atoms with Gasteiger partial charge in [-0.25, -0.2) is 0 Å². The van der Waals surface area contributed by atoms with Gasteiger partial charge in [0.15, 0.2) is 11.6 Å². The standard InChI is InChI=1S/C26H16O3/c27-24-13-11-17(16-6-2-1-3-7-16)14-22(24)18-10-12-21-23(15-18)26(29)20-9-5-4-8-19(20)25(21)28/h1-15,27H. The van der Waals surface area contributed by atoms with Crippen LogP contribution in [0.2, 0.25) is 0 Å². The SMILES string of the molecule is O=C1c2ccccc2C(=O)c2cc(-c3cc(-c4ccccc4)ccc3O)ccc21. The van der Waals surface area contributed by atoms with Crippen molar-refractivity contribution in [1.82, 2.24) is 0 Å². The summed E-state index contributed by atoms with van der Waals surface area (Å²) in [4.78, 5) is 25.8. The van der Waals surface area contributed by atoms with E-state index in [1.165, 1.54) is 0 Å². The van der Waals surface area contributed by atoms with E-state index in [1.54, 1.807) is 48.5 Å². The normalized spacial score (nSPS) is 12.4. The molecule has 3 nitrogen and oxygen atoms in total. The van der Waals surface area contributed by atoms with Gasteiger partial charge in [-0.05, 0) is 41.0 Å². The van der Waals surface area contributed by atoms with Crippen LogP contribution in [0.3, 0.4) is 0 Å². The van der Waals surface area contributed by atoms with Crippen LogP contribution in [0.5, 0.6) is 5.75 Å². The predicted molar refractivity (Wildman–Crippen MR) is 112 cm³/mol. The van der Waals surface area contributed by atoms with Gasteiger partial charge in [-0.3, -0.25) is 9.59 Å². The average Bonchev–Trinajstić information content (AvgIpc) is 2.78. The monoisotopic (exact) mass is 376 g/mol. The Hall–Kier alpha value is -3.98. The van der Waals surface area contributed by atoms with Gasteiger partial charge in [0, 0.05) is 27.8 Å². The number of carbonyl (C=O) groups excluding carboxylic acids is 2. The zero-order valence-corrected chi connectivity index (χ0v) is 15.4. The number of phenolic OH excluding ortho intramolecular Hbond substituents is 1. The van der Waals surface area contributed by atoms with Crippen molar-refractivity contribution < 1.29 is 14.7 Å². The van der Waals surface area contributed by atoms with Crippen LogP contribution in [0.15, 0.2) is 91.0 Å². The minimum absolute atomic E-state index is 0.125. The van der Waals surface area contributed by atoms with Gasteiger partial charge in [0.25, 0.3) is 0 Å². The molecule has 0 spiro atoms. The Morgan fingerprint density at radius 1 is 0.448 bits per heavy atom. The summed E-state index contributed by atoms with van der Waals surface area (Å²) in [5.74, 6) is -0.195. The Morgan fingerprint density at radius 3 is 1.72 bits per heavy atom. The Balaban J connectivity index is 1.64. The maximum absolute atomic E-state index is 13.0. The van der Waals surface area contributed by atoms with Crippen LogP contribution in [-0.2, 0) is 0 Å². The highest BCUT2D eigenvalue weighted by atomic mass is 16.3. The third-order valence-corrected chi connectivity index (χ3v) is 5.34. The van der Waals surface area contributed by atoms with Crippen molar-refractivity contribution in [2.75, 3.05) is 0 Å². The largest absolute Gasteiger partial charge is 0.507 e. The number of aromatic hydroxyl groups is 1. The molecule has 4 aromatic carbocycles. The molecule has 0 radical (unpaired) electrons. The van der Waals surface area contributed by atoms with Crippen molar-refractivity contribution in [2.45, 2.75) is 0 Å². The van der Waals surface area contributed by atoms with Gasteiger partial charge in [0.2, 0.25) is 0 Å². The summed E-state index contributed by atoms with van der Waals surface area (Å²) in [5.41, 5.74) is 4.94. The van der Waals surface area contributed by atoms with E-state index in [1.807, 2.05) is 42.5 Å². The Kier molecular flexibility index (Phi) is 3.88. The molecule has 0 saturated heterocycles. The number of rotatable bonds is 2. The van der Waals surface area contributed by atoms with Crippen molar-refractivity contribution in [3.63, 3.8) is 0 Å². The first-order valence-corrected chi connectivity index (χ1v) is 9.35. The van der Waals surface area contributed by atoms with Crippen molar-refractivity contribution in [2.24, 2.45) is 0 Å². The molecule has 29 heavy (non-hydrogen) atoms. The Morgan fingerprint density at radius 2 is 1.00 bits per heavy atom. The second-order valence-electron chi connectivity index (χ2n) is 7.06. The fourth-order valence-electron chi connectivity index (χ4n) is 3.84. The first-order chi connectivity index (χ1) is 14.1. The smallest absolute Gasteiger partial charge is 0.194 e. The maximum atomic E-state index is 13.0. The molecular formula is C26H16O3. The van der Waals surface area contributed by atoms with Gasteiger partial charge in [0.1, 0.15) is 5.75 Å². The summed E-state index contributed by atoms with van der Waals surface area (Å²) in [6, 6.07) is 27.3. The molecule has 1 aliphatic rings. The van der Waals surface area contributed by atoms with Crippen molar-refractivity contribution in [1.29, 1.82) is 0 Å². The van der Waals surface area contributed by atoms with Crippen LogP contribution in [-0.4, -0.2) is 16.7 Å². The molecular weight excluding hydrogens is 360 g/mol. The van der Waals surface area contributed by atoms with Crippen molar-refractivity contribution >= 4 is 11.6 Å². The number of fused-ring (bicyclic) bond motifs is 2. The third kappa shape index (κ3) is 2.75. The molecule has 0 bridgehead atoms. The number of hydrogen-bond acceptors (Lipinski definition) is 3. The summed E-state index contributed by atoms with van der Waals surface area (Å²) < 4.78 is 0. The maximum Gasteiger partial charge on any atom is 0.194 e. The molecule has 1 N–H and O–H groups in total. The van der Waals surface area contributed by atoms with Crippen LogP contribution in [0.25, 0.3) is 22.3 Å². The van der Waals surface area contributed by atoms with E-state index in [-0.39, 0.29) is 17.3 Å². The molecule has 0 unspecified atom stereocenters. The highest BCUT2D eigenvalue weighted by Crippen LogP contribution is 2.36. The van der Waals surface area contributed by atoms with E-state index < -0.39 is 0 Å². The molecule has 0 heterocycles. The molecule has 0 fully saturated rings. The number of ketones is 2. The molecule has 4 aromatic rings. The molecule has 3 heteroatoms. The van der Waals surface area contributed by atoms with E-state index >= 15 is 0 Å². The Bertz CT molecular complexity index is 1290. The summed E-state index contributed by atoms with van der Waals surface area (Å²) >= 11 is 0. The van der Waals surface area contributed by atoms with Crippen LogP contribution in [0.1, 0.15) is 31.8 Å². The molecule has 138 valence electrons. The van der Waals surface area contributed by atoms with E-state index in [4.69, 9.17) is 0 Å². The quantitative estimate of drug-likeness (QED) is 0.442. The van der Waals surface area contributed by atoms with Gasteiger partial charge >= 0.3 is 0 Å². The fraction of sp³-hybridized carbons (Fsp3) is 0. The van der Waals surface area contributed by atoms with Crippen LogP contribution >= 0.6 is 0 Å². The molecule has 0 aliphatic heterocycles. The number of carbonyl (C=O) groups is 2. The predicted octanol–water partition coefficient (Wildman–Crippen LogP) is 5.50. The van der Waals surface area contributed by atoms with E-state index in [0.29, 0.717) is 33.4 Å². The van der Waals surface area contributed by atoms with Crippen molar-refractivity contribution in [3.8, 4) is 28.0 Å². The van der Waals surface area contributed by atoms with Crippen LogP contribution < -0.4 is 0 Å².